The Morgan fingerprint density at radius 3 is 2.59 bits per heavy atom. The molecule has 0 atom stereocenters. The minimum Gasteiger partial charge on any atom is -0.465 e. The predicted molar refractivity (Wildman–Crippen MR) is 81.3 cm³/mol. The zero-order valence-corrected chi connectivity index (χ0v) is 12.4. The molecule has 2 aromatic carbocycles. The summed E-state index contributed by atoms with van der Waals surface area (Å²) < 4.78 is 17.8. The molecule has 0 aliphatic heterocycles. The van der Waals surface area contributed by atoms with Crippen LogP contribution in [0.2, 0.25) is 0 Å². The smallest absolute Gasteiger partial charge is 0.338 e. The number of rotatable bonds is 4. The SMILES string of the molecule is COC(=O)c1cccc(NC(=O)Cc2cccc(F)c2)c1C. The van der Waals surface area contributed by atoms with Gasteiger partial charge < -0.3 is 10.1 Å². The summed E-state index contributed by atoms with van der Waals surface area (Å²) in [6, 6.07) is 10.9. The summed E-state index contributed by atoms with van der Waals surface area (Å²) in [5.41, 5.74) is 2.14. The molecule has 0 bridgehead atoms. The Balaban J connectivity index is 2.13. The molecule has 5 heteroatoms. The van der Waals surface area contributed by atoms with Crippen LogP contribution < -0.4 is 5.32 Å². The molecule has 2 rings (SSSR count). The number of ether oxygens (including phenoxy) is 1. The Kier molecular flexibility index (Phi) is 4.88. The van der Waals surface area contributed by atoms with Crippen LogP contribution in [0.5, 0.6) is 0 Å². The lowest BCUT2D eigenvalue weighted by Crippen LogP contribution is -2.16. The fraction of sp³-hybridized carbons (Fsp3) is 0.176. The Morgan fingerprint density at radius 1 is 1.18 bits per heavy atom. The van der Waals surface area contributed by atoms with Gasteiger partial charge in [-0.15, -0.1) is 0 Å². The molecule has 0 unspecified atom stereocenters. The van der Waals surface area contributed by atoms with Crippen molar-refractivity contribution in [1.82, 2.24) is 0 Å². The van der Waals surface area contributed by atoms with Crippen LogP contribution in [0.1, 0.15) is 21.5 Å². The van der Waals surface area contributed by atoms with Crippen LogP contribution in [0.15, 0.2) is 42.5 Å². The van der Waals surface area contributed by atoms with Crippen molar-refractivity contribution in [3.05, 3.63) is 65.0 Å². The van der Waals surface area contributed by atoms with Crippen molar-refractivity contribution < 1.29 is 18.7 Å². The number of amides is 1. The third-order valence-corrected chi connectivity index (χ3v) is 3.27. The van der Waals surface area contributed by atoms with E-state index in [9.17, 15) is 14.0 Å². The van der Waals surface area contributed by atoms with Gasteiger partial charge in [-0.25, -0.2) is 9.18 Å². The Bertz CT molecular complexity index is 713. The second-order valence-corrected chi connectivity index (χ2v) is 4.82. The number of halogens is 1. The molecular formula is C17H16FNO3. The van der Waals surface area contributed by atoms with Gasteiger partial charge in [-0.05, 0) is 42.3 Å². The highest BCUT2D eigenvalue weighted by atomic mass is 19.1. The molecule has 0 aliphatic rings. The van der Waals surface area contributed by atoms with Gasteiger partial charge in [0.2, 0.25) is 5.91 Å². The van der Waals surface area contributed by atoms with Crippen molar-refractivity contribution in [2.24, 2.45) is 0 Å². The summed E-state index contributed by atoms with van der Waals surface area (Å²) in [7, 11) is 1.30. The average Bonchev–Trinajstić information content (AvgIpc) is 2.48. The van der Waals surface area contributed by atoms with E-state index in [0.29, 0.717) is 22.4 Å². The number of methoxy groups -OCH3 is 1. The van der Waals surface area contributed by atoms with E-state index in [4.69, 9.17) is 4.74 Å². The summed E-state index contributed by atoms with van der Waals surface area (Å²) in [5, 5.41) is 2.73. The molecule has 4 nitrogen and oxygen atoms in total. The average molecular weight is 301 g/mol. The van der Waals surface area contributed by atoms with Gasteiger partial charge in [0.15, 0.2) is 0 Å². The molecule has 114 valence electrons. The van der Waals surface area contributed by atoms with Crippen LogP contribution in [0, 0.1) is 12.7 Å². The number of hydrogen-bond donors (Lipinski definition) is 1. The molecule has 2 aromatic rings. The molecular weight excluding hydrogens is 285 g/mol. The lowest BCUT2D eigenvalue weighted by molar-refractivity contribution is -0.115. The third-order valence-electron chi connectivity index (χ3n) is 3.27. The molecule has 0 aliphatic carbocycles. The minimum atomic E-state index is -0.460. The van der Waals surface area contributed by atoms with E-state index < -0.39 is 5.97 Å². The summed E-state index contributed by atoms with van der Waals surface area (Å²) in [6.45, 7) is 1.73. The summed E-state index contributed by atoms with van der Waals surface area (Å²) >= 11 is 0. The maximum Gasteiger partial charge on any atom is 0.338 e. The number of anilines is 1. The molecule has 1 N–H and O–H groups in total. The number of carbonyl (C=O) groups excluding carboxylic acids is 2. The van der Waals surface area contributed by atoms with E-state index >= 15 is 0 Å². The number of carbonyl (C=O) groups is 2. The van der Waals surface area contributed by atoms with Gasteiger partial charge in [0.1, 0.15) is 5.82 Å². The number of nitrogens with one attached hydrogen (secondary N) is 1. The van der Waals surface area contributed by atoms with Crippen LogP contribution in [-0.4, -0.2) is 19.0 Å². The van der Waals surface area contributed by atoms with Gasteiger partial charge in [-0.3, -0.25) is 4.79 Å². The highest BCUT2D eigenvalue weighted by Gasteiger charge is 2.13. The van der Waals surface area contributed by atoms with Crippen molar-refractivity contribution in [3.63, 3.8) is 0 Å². The first kappa shape index (κ1) is 15.7. The van der Waals surface area contributed by atoms with E-state index in [0.717, 1.165) is 0 Å². The van der Waals surface area contributed by atoms with E-state index in [1.54, 1.807) is 37.3 Å². The maximum atomic E-state index is 13.1. The number of esters is 1. The lowest BCUT2D eigenvalue weighted by atomic mass is 10.1. The molecule has 0 fully saturated rings. The summed E-state index contributed by atoms with van der Waals surface area (Å²) in [6.07, 6.45) is 0.0552. The number of benzene rings is 2. The summed E-state index contributed by atoms with van der Waals surface area (Å²) in [5.74, 6) is -1.12. The van der Waals surface area contributed by atoms with Crippen LogP contribution in [0.25, 0.3) is 0 Å². The number of hydrogen-bond acceptors (Lipinski definition) is 3. The molecule has 0 heterocycles. The van der Waals surface area contributed by atoms with E-state index in [1.165, 1.54) is 19.2 Å². The lowest BCUT2D eigenvalue weighted by Gasteiger charge is -2.11. The molecule has 0 saturated heterocycles. The van der Waals surface area contributed by atoms with Crippen molar-refractivity contribution >= 4 is 17.6 Å². The maximum absolute atomic E-state index is 13.1. The molecule has 22 heavy (non-hydrogen) atoms. The Hall–Kier alpha value is -2.69. The van der Waals surface area contributed by atoms with Crippen LogP contribution >= 0.6 is 0 Å². The fourth-order valence-corrected chi connectivity index (χ4v) is 2.13. The molecule has 0 aromatic heterocycles. The zero-order valence-electron chi connectivity index (χ0n) is 12.4. The van der Waals surface area contributed by atoms with E-state index in [-0.39, 0.29) is 18.1 Å². The van der Waals surface area contributed by atoms with Crippen molar-refractivity contribution in [1.29, 1.82) is 0 Å². The van der Waals surface area contributed by atoms with E-state index in [2.05, 4.69) is 5.32 Å². The van der Waals surface area contributed by atoms with Crippen molar-refractivity contribution in [2.45, 2.75) is 13.3 Å². The quantitative estimate of drug-likeness (QED) is 0.883. The van der Waals surface area contributed by atoms with Gasteiger partial charge in [-0.1, -0.05) is 18.2 Å². The van der Waals surface area contributed by atoms with Gasteiger partial charge >= 0.3 is 5.97 Å². The molecule has 0 saturated carbocycles. The van der Waals surface area contributed by atoms with Crippen LogP contribution in [0.4, 0.5) is 10.1 Å². The molecule has 0 radical (unpaired) electrons. The Labute approximate surface area is 127 Å². The highest BCUT2D eigenvalue weighted by Crippen LogP contribution is 2.20. The monoisotopic (exact) mass is 301 g/mol. The second-order valence-electron chi connectivity index (χ2n) is 4.82. The van der Waals surface area contributed by atoms with Gasteiger partial charge in [0.25, 0.3) is 0 Å². The minimum absolute atomic E-state index is 0.0552. The third kappa shape index (κ3) is 3.69. The first-order valence-corrected chi connectivity index (χ1v) is 6.73. The van der Waals surface area contributed by atoms with E-state index in [1.807, 2.05) is 0 Å². The normalized spacial score (nSPS) is 10.1. The van der Waals surface area contributed by atoms with Crippen LogP contribution in [-0.2, 0) is 16.0 Å². The Morgan fingerprint density at radius 2 is 1.91 bits per heavy atom. The topological polar surface area (TPSA) is 55.4 Å². The highest BCUT2D eigenvalue weighted by molar-refractivity contribution is 5.97. The zero-order chi connectivity index (χ0) is 16.1. The predicted octanol–water partition coefficient (Wildman–Crippen LogP) is 3.10. The molecule has 1 amide bonds. The summed E-state index contributed by atoms with van der Waals surface area (Å²) in [4.78, 5) is 23.7. The molecule has 0 spiro atoms. The fourth-order valence-electron chi connectivity index (χ4n) is 2.13. The van der Waals surface area contributed by atoms with Crippen LogP contribution in [0.3, 0.4) is 0 Å². The van der Waals surface area contributed by atoms with Crippen molar-refractivity contribution in [2.75, 3.05) is 12.4 Å². The van der Waals surface area contributed by atoms with Gasteiger partial charge in [0, 0.05) is 5.69 Å². The second kappa shape index (κ2) is 6.85. The van der Waals surface area contributed by atoms with Crippen molar-refractivity contribution in [3.8, 4) is 0 Å². The van der Waals surface area contributed by atoms with Gasteiger partial charge in [0.05, 0.1) is 19.1 Å². The van der Waals surface area contributed by atoms with Gasteiger partial charge in [-0.2, -0.15) is 0 Å². The first-order valence-electron chi connectivity index (χ1n) is 6.73. The largest absolute Gasteiger partial charge is 0.465 e. The first-order chi connectivity index (χ1) is 10.5. The standard InChI is InChI=1S/C17H16FNO3/c1-11-14(17(21)22-2)7-4-8-15(11)19-16(20)10-12-5-3-6-13(18)9-12/h3-9H,10H2,1-2H3,(H,19,20).